The Bertz CT molecular complexity index is 822. The van der Waals surface area contributed by atoms with Crippen molar-refractivity contribution in [1.29, 1.82) is 0 Å². The molecule has 0 unspecified atom stereocenters. The van der Waals surface area contributed by atoms with Crippen LogP contribution < -0.4 is 0 Å². The van der Waals surface area contributed by atoms with Crippen LogP contribution in [0.2, 0.25) is 0 Å². The highest BCUT2D eigenvalue weighted by Crippen LogP contribution is 2.77. The van der Waals surface area contributed by atoms with Crippen molar-refractivity contribution in [3.63, 3.8) is 0 Å². The second-order valence-electron chi connectivity index (χ2n) is 12.7. The topological polar surface area (TPSA) is 55.9 Å². The minimum absolute atomic E-state index is 0.0244. The lowest BCUT2D eigenvalue weighted by Crippen LogP contribution is -2.60. The summed E-state index contributed by atoms with van der Waals surface area (Å²) in [4.78, 5) is 24.8. The molecule has 6 aliphatic rings. The van der Waals surface area contributed by atoms with E-state index in [1.165, 1.54) is 45.4 Å². The maximum absolute atomic E-state index is 13.2. The minimum atomic E-state index is -0.160. The maximum Gasteiger partial charge on any atom is 0.302 e. The Morgan fingerprint density at radius 2 is 1.68 bits per heavy atom. The van der Waals surface area contributed by atoms with Gasteiger partial charge in [-0.25, -0.2) is 0 Å². The van der Waals surface area contributed by atoms with Crippen LogP contribution >= 0.6 is 0 Å². The van der Waals surface area contributed by atoms with Gasteiger partial charge in [-0.15, -0.1) is 0 Å². The van der Waals surface area contributed by atoms with Gasteiger partial charge >= 0.3 is 5.97 Å². The van der Waals surface area contributed by atoms with E-state index in [0.717, 1.165) is 32.1 Å². The molecule has 172 valence electrons. The number of carbonyl (C=O) groups is 2. The molecule has 6 rings (SSSR count). The summed E-state index contributed by atoms with van der Waals surface area (Å²) in [6.45, 7) is 8.45. The van der Waals surface area contributed by atoms with Crippen LogP contribution in [-0.4, -0.2) is 29.6 Å². The molecule has 1 aliphatic heterocycles. The predicted molar refractivity (Wildman–Crippen MR) is 117 cm³/mol. The number of carbonyl (C=O) groups excluding carboxylic acids is 2. The fourth-order valence-electron chi connectivity index (χ4n) is 10.8. The number of epoxide rings is 1. The lowest BCUT2D eigenvalue weighted by Gasteiger charge is -2.61. The zero-order valence-corrected chi connectivity index (χ0v) is 19.9. The number of hydrogen-bond acceptors (Lipinski definition) is 4. The highest BCUT2D eigenvalue weighted by atomic mass is 16.6. The fraction of sp³-hybridized carbons (Fsp3) is 0.926. The summed E-state index contributed by atoms with van der Waals surface area (Å²) < 4.78 is 12.2. The molecule has 0 aromatic carbocycles. The van der Waals surface area contributed by atoms with Gasteiger partial charge in [-0.2, -0.15) is 0 Å². The molecule has 0 aromatic rings. The van der Waals surface area contributed by atoms with E-state index < -0.39 is 0 Å². The molecule has 4 nitrogen and oxygen atoms in total. The summed E-state index contributed by atoms with van der Waals surface area (Å²) in [5.41, 5.74) is 0.235. The number of ketones is 1. The highest BCUT2D eigenvalue weighted by Gasteiger charge is 2.78. The van der Waals surface area contributed by atoms with Crippen molar-refractivity contribution in [1.82, 2.24) is 0 Å². The molecule has 6 fully saturated rings. The first kappa shape index (κ1) is 20.7. The minimum Gasteiger partial charge on any atom is -0.462 e. The van der Waals surface area contributed by atoms with Crippen LogP contribution in [0.3, 0.4) is 0 Å². The molecule has 1 heterocycles. The van der Waals surface area contributed by atoms with E-state index >= 15 is 0 Å². The summed E-state index contributed by atoms with van der Waals surface area (Å²) in [5.74, 6) is 2.98. The number of esters is 1. The van der Waals surface area contributed by atoms with Gasteiger partial charge in [0.2, 0.25) is 0 Å². The van der Waals surface area contributed by atoms with Crippen molar-refractivity contribution in [2.24, 2.45) is 39.9 Å². The maximum atomic E-state index is 13.2. The molecule has 31 heavy (non-hydrogen) atoms. The molecule has 1 saturated heterocycles. The Labute approximate surface area is 187 Å². The average molecular weight is 429 g/mol. The van der Waals surface area contributed by atoms with Crippen molar-refractivity contribution < 1.29 is 19.1 Å². The predicted octanol–water partition coefficient (Wildman–Crippen LogP) is 5.47. The molecule has 1 spiro atoms. The Kier molecular flexibility index (Phi) is 4.25. The van der Waals surface area contributed by atoms with Crippen molar-refractivity contribution in [2.75, 3.05) is 0 Å². The molecule has 5 aliphatic carbocycles. The van der Waals surface area contributed by atoms with E-state index in [-0.39, 0.29) is 33.9 Å². The smallest absolute Gasteiger partial charge is 0.302 e. The molecule has 0 aromatic heterocycles. The monoisotopic (exact) mass is 428 g/mol. The lowest BCUT2D eigenvalue weighted by molar-refractivity contribution is -0.163. The van der Waals surface area contributed by atoms with E-state index in [4.69, 9.17) is 9.47 Å². The van der Waals surface area contributed by atoms with Gasteiger partial charge in [-0.1, -0.05) is 26.7 Å². The molecular weight excluding hydrogens is 388 g/mol. The van der Waals surface area contributed by atoms with E-state index in [2.05, 4.69) is 13.8 Å². The quantitative estimate of drug-likeness (QED) is 0.432. The second kappa shape index (κ2) is 6.36. The largest absolute Gasteiger partial charge is 0.462 e. The third-order valence-corrected chi connectivity index (χ3v) is 12.0. The summed E-state index contributed by atoms with van der Waals surface area (Å²) in [5, 5.41) is 0. The van der Waals surface area contributed by atoms with Crippen LogP contribution in [0.15, 0.2) is 0 Å². The van der Waals surface area contributed by atoms with Crippen molar-refractivity contribution in [3.05, 3.63) is 0 Å². The highest BCUT2D eigenvalue weighted by molar-refractivity contribution is 5.84. The molecule has 0 amide bonds. The van der Waals surface area contributed by atoms with E-state index in [0.29, 0.717) is 35.6 Å². The zero-order valence-electron chi connectivity index (χ0n) is 19.9. The van der Waals surface area contributed by atoms with Gasteiger partial charge in [0.1, 0.15) is 17.5 Å². The number of rotatable bonds is 2. The zero-order chi connectivity index (χ0) is 21.8. The third kappa shape index (κ3) is 2.36. The van der Waals surface area contributed by atoms with Gasteiger partial charge in [0, 0.05) is 24.2 Å². The Morgan fingerprint density at radius 3 is 2.42 bits per heavy atom. The van der Waals surface area contributed by atoms with Gasteiger partial charge in [-0.3, -0.25) is 9.59 Å². The van der Waals surface area contributed by atoms with E-state index in [1.54, 1.807) is 0 Å². The van der Waals surface area contributed by atoms with Gasteiger partial charge in [-0.05, 0) is 87.4 Å². The number of ether oxygens (including phenoxy) is 2. The van der Waals surface area contributed by atoms with Crippen molar-refractivity contribution in [3.8, 4) is 0 Å². The van der Waals surface area contributed by atoms with Crippen molar-refractivity contribution >= 4 is 11.8 Å². The molecule has 4 heteroatoms. The van der Waals surface area contributed by atoms with Crippen LogP contribution in [0.25, 0.3) is 0 Å². The molecule has 0 bridgehead atoms. The molecule has 10 atom stereocenters. The molecular formula is C27H40O4. The summed E-state index contributed by atoms with van der Waals surface area (Å²) in [6, 6.07) is 0. The number of fused-ring (bicyclic) bond motifs is 6. The van der Waals surface area contributed by atoms with Crippen LogP contribution in [0.5, 0.6) is 0 Å². The average Bonchev–Trinajstić information content (AvgIpc) is 3.33. The standard InChI is InChI=1S/C27H40O4/c1-16(28)26-10-6-5-7-18(26)13-22-20-14-23-27(31-23)15-19(30-17(2)29)8-11-25(27,4)21(20)9-12-24(22,26)3/h18-23H,5-15H2,1-4H3/t18-,19-,20+,21-,22+,23+,24+,25-,26+,27+/m1/s1. The van der Waals surface area contributed by atoms with Gasteiger partial charge in [0.15, 0.2) is 0 Å². The molecule has 5 saturated carbocycles. The molecule has 0 radical (unpaired) electrons. The molecule has 0 N–H and O–H groups in total. The summed E-state index contributed by atoms with van der Waals surface area (Å²) in [6.07, 6.45) is 13.1. The van der Waals surface area contributed by atoms with Gasteiger partial charge < -0.3 is 9.47 Å². The van der Waals surface area contributed by atoms with Crippen LogP contribution in [0, 0.1) is 39.9 Å². The Morgan fingerprint density at radius 1 is 0.903 bits per heavy atom. The van der Waals surface area contributed by atoms with Crippen LogP contribution in [0.4, 0.5) is 0 Å². The summed E-state index contributed by atoms with van der Waals surface area (Å²) >= 11 is 0. The second-order valence-corrected chi connectivity index (χ2v) is 12.7. The van der Waals surface area contributed by atoms with Gasteiger partial charge in [0.25, 0.3) is 0 Å². The third-order valence-electron chi connectivity index (χ3n) is 12.0. The Balaban J connectivity index is 1.33. The SMILES string of the molecule is CC(=O)O[C@@H]1CC[C@]2(C)[C@@H]3CC[C@@]4(C)[C@@H](C[C@H]5CCCC[C@]54C(C)=O)[C@H]3C[C@@H]3O[C@@]32C1. The number of Topliss-reactive ketones (excluding diaryl/α,β-unsaturated/α-hetero) is 1. The fourth-order valence-corrected chi connectivity index (χ4v) is 10.8. The Hall–Kier alpha value is -0.900. The van der Waals surface area contributed by atoms with E-state index in [9.17, 15) is 9.59 Å². The first-order chi connectivity index (χ1) is 14.7. The van der Waals surface area contributed by atoms with Crippen LogP contribution in [0.1, 0.15) is 98.3 Å². The van der Waals surface area contributed by atoms with E-state index in [1.807, 2.05) is 6.92 Å². The normalized spacial score (nSPS) is 56.9. The van der Waals surface area contributed by atoms with Crippen LogP contribution in [-0.2, 0) is 19.1 Å². The first-order valence-corrected chi connectivity index (χ1v) is 13.0. The first-order valence-electron chi connectivity index (χ1n) is 13.0. The van der Waals surface area contributed by atoms with Gasteiger partial charge in [0.05, 0.1) is 6.10 Å². The summed E-state index contributed by atoms with van der Waals surface area (Å²) in [7, 11) is 0. The lowest BCUT2D eigenvalue weighted by atomic mass is 9.42. The van der Waals surface area contributed by atoms with Crippen molar-refractivity contribution in [2.45, 2.75) is 116 Å². The number of hydrogen-bond donors (Lipinski definition) is 0.